The van der Waals surface area contributed by atoms with E-state index in [1.54, 1.807) is 26.2 Å². The monoisotopic (exact) mass is 531 g/mol. The van der Waals surface area contributed by atoms with Gasteiger partial charge in [-0.3, -0.25) is 19.4 Å². The molecule has 2 aromatic carbocycles. The van der Waals surface area contributed by atoms with Crippen LogP contribution in [0.2, 0.25) is 5.02 Å². The van der Waals surface area contributed by atoms with E-state index in [0.29, 0.717) is 23.9 Å². The molecule has 0 atom stereocenters. The first-order chi connectivity index (χ1) is 15.3. The maximum atomic E-state index is 12.7. The Bertz CT molecular complexity index is 1260. The Labute approximate surface area is 204 Å². The fourth-order valence-corrected chi connectivity index (χ4v) is 4.26. The normalized spacial score (nSPS) is 14.5. The second kappa shape index (κ2) is 9.05. The van der Waals surface area contributed by atoms with Gasteiger partial charge in [0, 0.05) is 41.2 Å². The maximum Gasteiger partial charge on any atom is 0.265 e. The molecule has 1 aliphatic heterocycles. The Morgan fingerprint density at radius 3 is 2.47 bits per heavy atom. The van der Waals surface area contributed by atoms with E-state index in [9.17, 15) is 9.59 Å². The van der Waals surface area contributed by atoms with Crippen molar-refractivity contribution in [3.05, 3.63) is 69.3 Å². The molecule has 1 aliphatic rings. The number of carbonyl (C=O) groups excluding carboxylic acids is 2. The van der Waals surface area contributed by atoms with Crippen LogP contribution in [0.15, 0.2) is 58.7 Å². The van der Waals surface area contributed by atoms with Crippen LogP contribution in [0.4, 0.5) is 0 Å². The molecule has 9 heteroatoms. The van der Waals surface area contributed by atoms with E-state index in [2.05, 4.69) is 15.9 Å². The third kappa shape index (κ3) is 4.18. The molecule has 6 nitrogen and oxygen atoms in total. The summed E-state index contributed by atoms with van der Waals surface area (Å²) in [5, 5.41) is 1.64. The van der Waals surface area contributed by atoms with E-state index < -0.39 is 11.8 Å². The quantitative estimate of drug-likeness (QED) is 0.271. The largest absolute Gasteiger partial charge is 0.490 e. The van der Waals surface area contributed by atoms with Gasteiger partial charge >= 0.3 is 0 Å². The first kappa shape index (κ1) is 22.5. The van der Waals surface area contributed by atoms with Gasteiger partial charge in [0.05, 0.1) is 11.6 Å². The number of amides is 2. The van der Waals surface area contributed by atoms with Crippen molar-refractivity contribution in [2.45, 2.75) is 6.54 Å². The van der Waals surface area contributed by atoms with Gasteiger partial charge in [-0.25, -0.2) is 0 Å². The van der Waals surface area contributed by atoms with Crippen LogP contribution < -0.4 is 4.74 Å². The minimum Gasteiger partial charge on any atom is -0.490 e. The number of aromatic nitrogens is 1. The van der Waals surface area contributed by atoms with Gasteiger partial charge in [-0.15, -0.1) is 0 Å². The van der Waals surface area contributed by atoms with E-state index >= 15 is 0 Å². The molecule has 3 aromatic rings. The maximum absolute atomic E-state index is 12.7. The molecular formula is C23H19BrClN3O3S. The Morgan fingerprint density at radius 2 is 1.78 bits per heavy atom. The predicted molar refractivity (Wildman–Crippen MR) is 133 cm³/mol. The van der Waals surface area contributed by atoms with Gasteiger partial charge in [0.15, 0.2) is 5.11 Å². The molecule has 2 amide bonds. The Balaban J connectivity index is 1.68. The lowest BCUT2D eigenvalue weighted by Crippen LogP contribution is -2.52. The highest BCUT2D eigenvalue weighted by molar-refractivity contribution is 9.10. The fraction of sp³-hybridized carbons (Fsp3) is 0.174. The molecule has 2 heterocycles. The topological polar surface area (TPSA) is 54.8 Å². The molecular weight excluding hydrogens is 514 g/mol. The van der Waals surface area contributed by atoms with Crippen LogP contribution in [0.25, 0.3) is 17.0 Å². The third-order valence-electron chi connectivity index (χ3n) is 5.24. The van der Waals surface area contributed by atoms with Gasteiger partial charge in [-0.2, -0.15) is 0 Å². The number of hydrogen-bond donors (Lipinski definition) is 0. The van der Waals surface area contributed by atoms with Crippen molar-refractivity contribution in [3.63, 3.8) is 0 Å². The summed E-state index contributed by atoms with van der Waals surface area (Å²) in [5.41, 5.74) is 1.77. The van der Waals surface area contributed by atoms with E-state index in [1.807, 2.05) is 47.2 Å². The first-order valence-electron chi connectivity index (χ1n) is 9.75. The highest BCUT2D eigenvalue weighted by Gasteiger charge is 2.35. The Hall–Kier alpha value is -2.68. The number of hydrogen-bond acceptors (Lipinski definition) is 4. The lowest BCUT2D eigenvalue weighted by atomic mass is 10.1. The molecule has 1 fully saturated rings. The first-order valence-corrected chi connectivity index (χ1v) is 11.3. The number of halogens is 2. The van der Waals surface area contributed by atoms with Crippen molar-refractivity contribution in [2.75, 3.05) is 20.7 Å². The van der Waals surface area contributed by atoms with Gasteiger partial charge in [0.25, 0.3) is 11.8 Å². The molecule has 1 aromatic heterocycles. The van der Waals surface area contributed by atoms with Gasteiger partial charge in [0.1, 0.15) is 17.9 Å². The zero-order valence-corrected chi connectivity index (χ0v) is 20.5. The van der Waals surface area contributed by atoms with Gasteiger partial charge in [0.2, 0.25) is 0 Å². The molecule has 0 N–H and O–H groups in total. The molecule has 4 rings (SSSR count). The zero-order valence-electron chi connectivity index (χ0n) is 17.3. The van der Waals surface area contributed by atoms with Crippen molar-refractivity contribution < 1.29 is 14.3 Å². The van der Waals surface area contributed by atoms with Gasteiger partial charge < -0.3 is 9.30 Å². The van der Waals surface area contributed by atoms with Crippen LogP contribution in [0, 0.1) is 0 Å². The summed E-state index contributed by atoms with van der Waals surface area (Å²) < 4.78 is 8.76. The summed E-state index contributed by atoms with van der Waals surface area (Å²) in [6, 6.07) is 13.2. The lowest BCUT2D eigenvalue weighted by molar-refractivity contribution is -0.132. The van der Waals surface area contributed by atoms with Crippen LogP contribution in [0.3, 0.4) is 0 Å². The summed E-state index contributed by atoms with van der Waals surface area (Å²) in [5.74, 6) is -0.219. The molecule has 0 unspecified atom stereocenters. The molecule has 1 saturated heterocycles. The van der Waals surface area contributed by atoms with E-state index in [1.165, 1.54) is 9.80 Å². The third-order valence-corrected chi connectivity index (χ3v) is 6.60. The average Bonchev–Trinajstić information content (AvgIpc) is 3.11. The number of ether oxygens (including phenoxy) is 1. The van der Waals surface area contributed by atoms with Gasteiger partial charge in [-0.05, 0) is 48.6 Å². The van der Waals surface area contributed by atoms with E-state index in [0.717, 1.165) is 20.9 Å². The zero-order chi connectivity index (χ0) is 23.0. The second-order valence-corrected chi connectivity index (χ2v) is 8.98. The molecule has 32 heavy (non-hydrogen) atoms. The van der Waals surface area contributed by atoms with Crippen LogP contribution in [-0.2, 0) is 16.1 Å². The van der Waals surface area contributed by atoms with Crippen LogP contribution >= 0.6 is 39.7 Å². The van der Waals surface area contributed by atoms with Crippen LogP contribution in [-0.4, -0.2) is 52.0 Å². The number of fused-ring (bicyclic) bond motifs is 1. The van der Waals surface area contributed by atoms with E-state index in [-0.39, 0.29) is 10.7 Å². The SMILES string of the molecule is CN1C(=O)C(=Cc2cn(CCOc3ccccc3Cl)c3ccc(Br)cc23)C(=O)N(C)C1=S. The number of para-hydroxylation sites is 1. The van der Waals surface area contributed by atoms with Crippen molar-refractivity contribution in [1.29, 1.82) is 0 Å². The molecule has 164 valence electrons. The number of nitrogens with zero attached hydrogens (tertiary/aromatic N) is 3. The fourth-order valence-electron chi connectivity index (χ4n) is 3.54. The number of carbonyl (C=O) groups is 2. The number of benzene rings is 2. The summed E-state index contributed by atoms with van der Waals surface area (Å²) in [7, 11) is 3.13. The standard InChI is InChI=1S/C23H19BrClN3O3S/c1-26-21(29)17(22(30)27(2)23(26)32)11-14-13-28(19-8-7-15(24)12-16(14)19)9-10-31-20-6-4-3-5-18(20)25/h3-8,11-13H,9-10H2,1-2H3. The summed E-state index contributed by atoms with van der Waals surface area (Å²) in [6.07, 6.45) is 3.53. The number of likely N-dealkylation sites (N-methyl/N-ethyl adjacent to an activating group) is 2. The number of thiocarbonyl (C=S) groups is 1. The molecule has 0 bridgehead atoms. The van der Waals surface area contributed by atoms with Crippen LogP contribution in [0.5, 0.6) is 5.75 Å². The van der Waals surface area contributed by atoms with E-state index in [4.69, 9.17) is 28.6 Å². The smallest absolute Gasteiger partial charge is 0.265 e. The van der Waals surface area contributed by atoms with Crippen LogP contribution in [0.1, 0.15) is 5.56 Å². The number of rotatable bonds is 5. The predicted octanol–water partition coefficient (Wildman–Crippen LogP) is 4.73. The van der Waals surface area contributed by atoms with Crippen molar-refractivity contribution in [1.82, 2.24) is 14.4 Å². The second-order valence-electron chi connectivity index (χ2n) is 7.29. The minimum atomic E-state index is -0.420. The molecule has 0 radical (unpaired) electrons. The summed E-state index contributed by atoms with van der Waals surface area (Å²) >= 11 is 14.8. The van der Waals surface area contributed by atoms with Gasteiger partial charge in [-0.1, -0.05) is 39.7 Å². The summed E-state index contributed by atoms with van der Waals surface area (Å²) in [6.45, 7) is 0.954. The minimum absolute atomic E-state index is 0.0648. The highest BCUT2D eigenvalue weighted by Crippen LogP contribution is 2.29. The average molecular weight is 533 g/mol. The molecule has 0 spiro atoms. The van der Waals surface area contributed by atoms with Crippen molar-refractivity contribution in [2.24, 2.45) is 0 Å². The molecule has 0 aliphatic carbocycles. The highest BCUT2D eigenvalue weighted by atomic mass is 79.9. The molecule has 0 saturated carbocycles. The Kier molecular flexibility index (Phi) is 6.37. The Morgan fingerprint density at radius 1 is 1.09 bits per heavy atom. The van der Waals surface area contributed by atoms with Crippen molar-refractivity contribution in [3.8, 4) is 5.75 Å². The van der Waals surface area contributed by atoms with Crippen molar-refractivity contribution >= 4 is 73.7 Å². The summed E-state index contributed by atoms with van der Waals surface area (Å²) in [4.78, 5) is 28.1. The lowest BCUT2D eigenvalue weighted by Gasteiger charge is -2.31.